The molecule has 4 aromatic rings. The topological polar surface area (TPSA) is 49.4 Å². The minimum Gasteiger partial charge on any atom is -0.378 e. The van der Waals surface area contributed by atoms with Crippen LogP contribution in [-0.4, -0.2) is 19.8 Å². The fraction of sp³-hybridized carbons (Fsp3) is 0.200. The third-order valence-corrected chi connectivity index (χ3v) is 9.22. The molecule has 0 spiro atoms. The molecule has 0 radical (unpaired) electrons. The summed E-state index contributed by atoms with van der Waals surface area (Å²) in [6.45, 7) is 0.342. The van der Waals surface area contributed by atoms with Crippen LogP contribution in [0.4, 0.5) is 5.69 Å². The average Bonchev–Trinajstić information content (AvgIpc) is 3.38. The number of allylic oxidation sites excluding steroid dienone is 2. The maximum absolute atomic E-state index is 13.4. The van der Waals surface area contributed by atoms with E-state index in [4.69, 9.17) is 0 Å². The van der Waals surface area contributed by atoms with E-state index in [1.54, 1.807) is 13.1 Å². The number of nitrogens with one attached hydrogen (secondary N) is 1. The van der Waals surface area contributed by atoms with E-state index in [0.717, 1.165) is 23.2 Å². The summed E-state index contributed by atoms with van der Waals surface area (Å²) in [5.41, 5.74) is 4.32. The third kappa shape index (κ3) is 3.95. The Labute approximate surface area is 207 Å². The predicted molar refractivity (Wildman–Crippen MR) is 142 cm³/mol. The normalized spacial score (nSPS) is 21.0. The average molecular weight is 481 g/mol. The molecule has 0 bridgehead atoms. The zero-order valence-electron chi connectivity index (χ0n) is 19.6. The number of nitrogens with zero attached hydrogens (tertiary/aromatic N) is 1. The minimum absolute atomic E-state index is 0.176. The van der Waals surface area contributed by atoms with Crippen LogP contribution in [0.25, 0.3) is 10.8 Å². The van der Waals surface area contributed by atoms with E-state index in [0.29, 0.717) is 17.4 Å². The summed E-state index contributed by atoms with van der Waals surface area (Å²) in [5.74, 6) is 0.543. The molecule has 0 fully saturated rings. The van der Waals surface area contributed by atoms with Crippen LogP contribution >= 0.6 is 0 Å². The molecule has 4 aromatic carbocycles. The molecule has 1 N–H and O–H groups in total. The molecule has 5 heteroatoms. The van der Waals surface area contributed by atoms with Gasteiger partial charge in [0.1, 0.15) is 0 Å². The first-order valence-corrected chi connectivity index (χ1v) is 13.5. The molecule has 4 nitrogen and oxygen atoms in total. The highest BCUT2D eigenvalue weighted by Crippen LogP contribution is 2.50. The number of benzene rings is 4. The molecule has 6 rings (SSSR count). The largest absolute Gasteiger partial charge is 0.378 e. The molecule has 3 unspecified atom stereocenters. The van der Waals surface area contributed by atoms with Crippen molar-refractivity contribution in [2.75, 3.05) is 12.4 Å². The summed E-state index contributed by atoms with van der Waals surface area (Å²) in [5, 5.41) is 6.23. The van der Waals surface area contributed by atoms with E-state index >= 15 is 0 Å². The van der Waals surface area contributed by atoms with Crippen LogP contribution in [0.2, 0.25) is 0 Å². The number of sulfonamides is 1. The molecule has 176 valence electrons. The Morgan fingerprint density at radius 3 is 2.49 bits per heavy atom. The van der Waals surface area contributed by atoms with Crippen LogP contribution < -0.4 is 5.32 Å². The SMILES string of the molecule is CN(Cc1ccccc1)S(=O)(=O)c1ccc2c(c1)C1C=CCC1C(c1ccc3ccccc3c1)N2. The summed E-state index contributed by atoms with van der Waals surface area (Å²) in [6, 6.07) is 30.6. The highest BCUT2D eigenvalue weighted by atomic mass is 32.2. The van der Waals surface area contributed by atoms with Gasteiger partial charge < -0.3 is 5.32 Å². The monoisotopic (exact) mass is 480 g/mol. The minimum atomic E-state index is -3.61. The summed E-state index contributed by atoms with van der Waals surface area (Å²) < 4.78 is 28.3. The lowest BCUT2D eigenvalue weighted by molar-refractivity contribution is 0.425. The van der Waals surface area contributed by atoms with Gasteiger partial charge in [-0.1, -0.05) is 78.9 Å². The fourth-order valence-corrected chi connectivity index (χ4v) is 6.76. The van der Waals surface area contributed by atoms with Crippen LogP contribution in [0.3, 0.4) is 0 Å². The maximum Gasteiger partial charge on any atom is 0.243 e. The van der Waals surface area contributed by atoms with Crippen molar-refractivity contribution in [3.63, 3.8) is 0 Å². The first-order valence-electron chi connectivity index (χ1n) is 12.1. The third-order valence-electron chi connectivity index (χ3n) is 7.42. The molecule has 0 saturated carbocycles. The van der Waals surface area contributed by atoms with E-state index in [2.05, 4.69) is 59.9 Å². The second-order valence-electron chi connectivity index (χ2n) is 9.58. The molecule has 0 aromatic heterocycles. The van der Waals surface area contributed by atoms with E-state index < -0.39 is 10.0 Å². The number of hydrogen-bond acceptors (Lipinski definition) is 3. The van der Waals surface area contributed by atoms with Gasteiger partial charge in [-0.2, -0.15) is 4.31 Å². The quantitative estimate of drug-likeness (QED) is 0.332. The number of fused-ring (bicyclic) bond motifs is 4. The number of anilines is 1. The smallest absolute Gasteiger partial charge is 0.243 e. The molecule has 35 heavy (non-hydrogen) atoms. The van der Waals surface area contributed by atoms with Crippen LogP contribution in [0.5, 0.6) is 0 Å². The van der Waals surface area contributed by atoms with Gasteiger partial charge >= 0.3 is 0 Å². The zero-order valence-corrected chi connectivity index (χ0v) is 20.4. The lowest BCUT2D eigenvalue weighted by Crippen LogP contribution is -2.30. The van der Waals surface area contributed by atoms with Crippen LogP contribution in [0, 0.1) is 5.92 Å². The standard InChI is InChI=1S/C30H28N2O2S/c1-32(20-21-8-3-2-4-9-21)35(33,34)25-16-17-29-28(19-25)26-12-7-13-27(26)30(31-29)24-15-14-22-10-5-6-11-23(22)18-24/h2-12,14-19,26-27,30-31H,13,20H2,1H3. The van der Waals surface area contributed by atoms with Gasteiger partial charge in [-0.3, -0.25) is 0 Å². The van der Waals surface area contributed by atoms with Crippen molar-refractivity contribution in [2.24, 2.45) is 5.92 Å². The van der Waals surface area contributed by atoms with Crippen molar-refractivity contribution in [1.29, 1.82) is 0 Å². The number of rotatable bonds is 5. The Hall–Kier alpha value is -3.41. The highest BCUT2D eigenvalue weighted by Gasteiger charge is 2.38. The molecule has 1 aliphatic heterocycles. The molecular weight excluding hydrogens is 452 g/mol. The zero-order chi connectivity index (χ0) is 24.0. The van der Waals surface area contributed by atoms with Gasteiger partial charge in [0.05, 0.1) is 10.9 Å². The van der Waals surface area contributed by atoms with Crippen LogP contribution in [0.1, 0.15) is 35.1 Å². The van der Waals surface area contributed by atoms with Gasteiger partial charge in [-0.05, 0) is 64.1 Å². The molecule has 1 heterocycles. The second-order valence-corrected chi connectivity index (χ2v) is 11.6. The van der Waals surface area contributed by atoms with Crippen molar-refractivity contribution in [2.45, 2.75) is 29.8 Å². The summed E-state index contributed by atoms with van der Waals surface area (Å²) in [7, 11) is -1.96. The van der Waals surface area contributed by atoms with Gasteiger partial charge in [0.2, 0.25) is 10.0 Å². The van der Waals surface area contributed by atoms with Crippen molar-refractivity contribution in [3.05, 3.63) is 120 Å². The van der Waals surface area contributed by atoms with Crippen molar-refractivity contribution in [3.8, 4) is 0 Å². The molecule has 3 atom stereocenters. The van der Waals surface area contributed by atoms with Crippen molar-refractivity contribution >= 4 is 26.5 Å². The Kier molecular flexibility index (Phi) is 5.47. The van der Waals surface area contributed by atoms with Gasteiger partial charge in [0.15, 0.2) is 0 Å². The van der Waals surface area contributed by atoms with Crippen molar-refractivity contribution < 1.29 is 8.42 Å². The van der Waals surface area contributed by atoms with Crippen LogP contribution in [-0.2, 0) is 16.6 Å². The molecule has 0 saturated heterocycles. The highest BCUT2D eigenvalue weighted by molar-refractivity contribution is 7.89. The van der Waals surface area contributed by atoms with E-state index in [1.165, 1.54) is 20.6 Å². The van der Waals surface area contributed by atoms with Gasteiger partial charge in [0, 0.05) is 25.2 Å². The maximum atomic E-state index is 13.4. The Balaban J connectivity index is 1.33. The molecule has 0 amide bonds. The summed E-state index contributed by atoms with van der Waals surface area (Å²) in [6.07, 6.45) is 5.46. The lowest BCUT2D eigenvalue weighted by atomic mass is 9.77. The first kappa shape index (κ1) is 22.1. The second kappa shape index (κ2) is 8.67. The van der Waals surface area contributed by atoms with E-state index in [-0.39, 0.29) is 12.0 Å². The van der Waals surface area contributed by atoms with Gasteiger partial charge in [0.25, 0.3) is 0 Å². The Morgan fingerprint density at radius 2 is 1.66 bits per heavy atom. The summed E-state index contributed by atoms with van der Waals surface area (Å²) >= 11 is 0. The van der Waals surface area contributed by atoms with Crippen LogP contribution in [0.15, 0.2) is 108 Å². The number of hydrogen-bond donors (Lipinski definition) is 1. The first-order chi connectivity index (χ1) is 17.0. The fourth-order valence-electron chi connectivity index (χ4n) is 5.57. The molecule has 2 aliphatic rings. The van der Waals surface area contributed by atoms with Crippen molar-refractivity contribution in [1.82, 2.24) is 4.31 Å². The van der Waals surface area contributed by atoms with E-state index in [1.807, 2.05) is 42.5 Å². The molecule has 1 aliphatic carbocycles. The molecular formula is C30H28N2O2S. The Morgan fingerprint density at radius 1 is 0.886 bits per heavy atom. The predicted octanol–water partition coefficient (Wildman–Crippen LogP) is 6.49. The van der Waals surface area contributed by atoms with Gasteiger partial charge in [-0.25, -0.2) is 8.42 Å². The van der Waals surface area contributed by atoms with Gasteiger partial charge in [-0.15, -0.1) is 0 Å². The van der Waals surface area contributed by atoms with E-state index in [9.17, 15) is 8.42 Å². The Bertz CT molecular complexity index is 1530. The summed E-state index contributed by atoms with van der Waals surface area (Å²) in [4.78, 5) is 0.347. The lowest BCUT2D eigenvalue weighted by Gasteiger charge is -2.38.